The van der Waals surface area contributed by atoms with Crippen LogP contribution < -0.4 is 4.74 Å². The smallest absolute Gasteiger partial charge is 0.416 e. The summed E-state index contributed by atoms with van der Waals surface area (Å²) in [5.74, 6) is -0.495. The average molecular weight is 333 g/mol. The first kappa shape index (κ1) is 17.2. The van der Waals surface area contributed by atoms with Crippen LogP contribution >= 0.6 is 0 Å². The van der Waals surface area contributed by atoms with Crippen molar-refractivity contribution in [3.63, 3.8) is 0 Å². The fraction of sp³-hybridized carbons (Fsp3) is 0.188. The van der Waals surface area contributed by atoms with E-state index in [1.807, 2.05) is 0 Å². The molecule has 2 rings (SSSR count). The molecule has 0 spiro atoms. The Morgan fingerprint density at radius 3 is 1.70 bits per heavy atom. The minimum atomic E-state index is -4.89. The lowest BCUT2D eigenvalue weighted by molar-refractivity contribution is -0.143. The molecule has 2 aromatic rings. The van der Waals surface area contributed by atoms with Gasteiger partial charge in [0.1, 0.15) is 12.4 Å². The van der Waals surface area contributed by atoms with Crippen LogP contribution in [0.15, 0.2) is 42.5 Å². The van der Waals surface area contributed by atoms with Crippen LogP contribution in [0.2, 0.25) is 0 Å². The second-order valence-electron chi connectivity index (χ2n) is 4.85. The van der Waals surface area contributed by atoms with Gasteiger partial charge in [-0.05, 0) is 36.2 Å². The summed E-state index contributed by atoms with van der Waals surface area (Å²) in [5.41, 5.74) is -1.48. The fourth-order valence-electron chi connectivity index (χ4n) is 1.81. The van der Waals surface area contributed by atoms with E-state index < -0.39 is 29.2 Å². The zero-order chi connectivity index (χ0) is 17.3. The van der Waals surface area contributed by atoms with Crippen molar-refractivity contribution < 1.29 is 31.1 Å². The van der Waals surface area contributed by atoms with Crippen molar-refractivity contribution in [3.05, 3.63) is 71.6 Å². The molecular formula is C16H11F6O. The van der Waals surface area contributed by atoms with Crippen LogP contribution in [0.5, 0.6) is 5.75 Å². The molecule has 0 aliphatic rings. The van der Waals surface area contributed by atoms with Gasteiger partial charge in [0.05, 0.1) is 11.1 Å². The zero-order valence-corrected chi connectivity index (χ0v) is 11.6. The molecule has 0 aliphatic heterocycles. The highest BCUT2D eigenvalue weighted by Crippen LogP contribution is 2.38. The van der Waals surface area contributed by atoms with E-state index in [9.17, 15) is 26.3 Å². The number of hydrogen-bond donors (Lipinski definition) is 0. The van der Waals surface area contributed by atoms with Gasteiger partial charge in [-0.3, -0.25) is 0 Å². The second-order valence-corrected chi connectivity index (χ2v) is 4.85. The monoisotopic (exact) mass is 333 g/mol. The number of benzene rings is 2. The third kappa shape index (κ3) is 4.64. The summed E-state index contributed by atoms with van der Waals surface area (Å²) < 4.78 is 81.4. The second kappa shape index (κ2) is 6.14. The first-order valence-corrected chi connectivity index (χ1v) is 6.39. The Morgan fingerprint density at radius 1 is 0.783 bits per heavy atom. The van der Waals surface area contributed by atoms with Gasteiger partial charge in [0, 0.05) is 0 Å². The minimum Gasteiger partial charge on any atom is -0.489 e. The topological polar surface area (TPSA) is 9.23 Å². The van der Waals surface area contributed by atoms with Crippen LogP contribution in [0.1, 0.15) is 22.3 Å². The maximum atomic E-state index is 12.7. The van der Waals surface area contributed by atoms with Crippen LogP contribution in [0.4, 0.5) is 26.3 Å². The van der Waals surface area contributed by atoms with Gasteiger partial charge in [-0.1, -0.05) is 24.3 Å². The molecule has 7 heteroatoms. The van der Waals surface area contributed by atoms with Crippen LogP contribution in [-0.4, -0.2) is 0 Å². The quantitative estimate of drug-likeness (QED) is 0.675. The van der Waals surface area contributed by atoms with Gasteiger partial charge in [-0.15, -0.1) is 0 Å². The number of alkyl halides is 6. The molecule has 0 aliphatic carbocycles. The predicted octanol–water partition coefficient (Wildman–Crippen LogP) is 5.49. The Morgan fingerprint density at radius 2 is 1.26 bits per heavy atom. The number of hydrogen-bond acceptors (Lipinski definition) is 1. The molecule has 0 atom stereocenters. The molecule has 23 heavy (non-hydrogen) atoms. The summed E-state index contributed by atoms with van der Waals surface area (Å²) in [7, 11) is 0. The normalized spacial score (nSPS) is 12.3. The first-order chi connectivity index (χ1) is 10.6. The van der Waals surface area contributed by atoms with Gasteiger partial charge in [0.15, 0.2) is 0 Å². The third-order valence-electron chi connectivity index (χ3n) is 2.99. The Kier molecular flexibility index (Phi) is 4.58. The molecule has 1 nitrogen and oxygen atoms in total. The number of rotatable bonds is 3. The van der Waals surface area contributed by atoms with Gasteiger partial charge >= 0.3 is 12.4 Å². The lowest BCUT2D eigenvalue weighted by atomic mass is 10.1. The molecule has 0 saturated carbocycles. The molecule has 0 amide bonds. The summed E-state index contributed by atoms with van der Waals surface area (Å²) in [6, 6.07) is 7.72. The maximum absolute atomic E-state index is 12.7. The molecule has 0 bridgehead atoms. The maximum Gasteiger partial charge on any atom is 0.416 e. The van der Waals surface area contributed by atoms with Crippen molar-refractivity contribution in [1.82, 2.24) is 0 Å². The Bertz CT molecular complexity index is 638. The Labute approximate surface area is 128 Å². The van der Waals surface area contributed by atoms with E-state index in [1.165, 1.54) is 0 Å². The van der Waals surface area contributed by atoms with Crippen LogP contribution in [0.3, 0.4) is 0 Å². The van der Waals surface area contributed by atoms with Crippen molar-refractivity contribution in [2.24, 2.45) is 0 Å². The van der Waals surface area contributed by atoms with Crippen molar-refractivity contribution in [2.75, 3.05) is 0 Å². The standard InChI is InChI=1S/C16H11F6O/c1-10-2-4-11(5-3-10)9-23-14-7-12(15(17,18)19)6-13(8-14)16(20,21)22/h2-8H,1,9H2. The van der Waals surface area contributed by atoms with Gasteiger partial charge in [0.2, 0.25) is 0 Å². The molecule has 0 aromatic heterocycles. The Hall–Kier alpha value is -2.18. The van der Waals surface area contributed by atoms with Crippen LogP contribution in [-0.2, 0) is 19.0 Å². The van der Waals surface area contributed by atoms with Crippen molar-refractivity contribution >= 4 is 0 Å². The van der Waals surface area contributed by atoms with E-state index >= 15 is 0 Å². The highest BCUT2D eigenvalue weighted by molar-refractivity contribution is 5.37. The number of halogens is 6. The first-order valence-electron chi connectivity index (χ1n) is 6.39. The molecule has 0 heterocycles. The van der Waals surface area contributed by atoms with Crippen LogP contribution in [0, 0.1) is 6.92 Å². The molecule has 0 fully saturated rings. The highest BCUT2D eigenvalue weighted by atomic mass is 19.4. The SMILES string of the molecule is [CH2]c1ccc(COc2cc(C(F)(F)F)cc(C(F)(F)F)c2)cc1. The molecule has 2 aromatic carbocycles. The summed E-state index contributed by atoms with van der Waals surface area (Å²) in [4.78, 5) is 0. The predicted molar refractivity (Wildman–Crippen MR) is 71.7 cm³/mol. The van der Waals surface area contributed by atoms with E-state index in [-0.39, 0.29) is 12.7 Å². The van der Waals surface area contributed by atoms with E-state index in [2.05, 4.69) is 6.92 Å². The minimum absolute atomic E-state index is 0.0599. The van der Waals surface area contributed by atoms with Crippen LogP contribution in [0.25, 0.3) is 0 Å². The van der Waals surface area contributed by atoms with Crippen molar-refractivity contribution in [1.29, 1.82) is 0 Å². The lowest BCUT2D eigenvalue weighted by Gasteiger charge is -2.15. The molecule has 123 valence electrons. The Balaban J connectivity index is 2.28. The summed E-state index contributed by atoms with van der Waals surface area (Å²) >= 11 is 0. The fourth-order valence-corrected chi connectivity index (χ4v) is 1.81. The van der Waals surface area contributed by atoms with E-state index in [4.69, 9.17) is 4.74 Å². The van der Waals surface area contributed by atoms with Gasteiger partial charge in [-0.2, -0.15) is 26.3 Å². The molecular weight excluding hydrogens is 322 g/mol. The average Bonchev–Trinajstić information content (AvgIpc) is 2.44. The summed E-state index contributed by atoms with van der Waals surface area (Å²) in [5, 5.41) is 0. The highest BCUT2D eigenvalue weighted by Gasteiger charge is 2.37. The van der Waals surface area contributed by atoms with Crippen molar-refractivity contribution in [2.45, 2.75) is 19.0 Å². The van der Waals surface area contributed by atoms with E-state index in [1.54, 1.807) is 24.3 Å². The molecule has 0 saturated heterocycles. The van der Waals surface area contributed by atoms with Gasteiger partial charge in [-0.25, -0.2) is 0 Å². The zero-order valence-electron chi connectivity index (χ0n) is 11.6. The van der Waals surface area contributed by atoms with Crippen molar-refractivity contribution in [3.8, 4) is 5.75 Å². The summed E-state index contributed by atoms with van der Waals surface area (Å²) in [6.45, 7) is 3.51. The third-order valence-corrected chi connectivity index (χ3v) is 2.99. The largest absolute Gasteiger partial charge is 0.489 e. The van der Waals surface area contributed by atoms with E-state index in [0.29, 0.717) is 17.7 Å². The lowest BCUT2D eigenvalue weighted by Crippen LogP contribution is -2.11. The molecule has 0 unspecified atom stereocenters. The molecule has 1 radical (unpaired) electrons. The number of ether oxygens (including phenoxy) is 1. The molecule has 0 N–H and O–H groups in total. The van der Waals surface area contributed by atoms with Gasteiger partial charge < -0.3 is 4.74 Å². The van der Waals surface area contributed by atoms with E-state index in [0.717, 1.165) is 5.56 Å². The van der Waals surface area contributed by atoms with Gasteiger partial charge in [0.25, 0.3) is 0 Å². The summed E-state index contributed by atoms with van der Waals surface area (Å²) in [6.07, 6.45) is -9.79.